The summed E-state index contributed by atoms with van der Waals surface area (Å²) in [5, 5.41) is 7.34. The highest BCUT2D eigenvalue weighted by Gasteiger charge is 2.43. The number of ketones is 1. The van der Waals surface area contributed by atoms with Gasteiger partial charge in [-0.15, -0.1) is 0 Å². The molecular weight excluding hydrogens is 456 g/mol. The molecule has 0 N–H and O–H groups in total. The Hall–Kier alpha value is -3.89. The Morgan fingerprint density at radius 3 is 2.31 bits per heavy atom. The minimum absolute atomic E-state index is 0.119. The van der Waals surface area contributed by atoms with Crippen LogP contribution in [0.15, 0.2) is 102 Å². The van der Waals surface area contributed by atoms with Gasteiger partial charge in [0.2, 0.25) is 5.78 Å². The van der Waals surface area contributed by atoms with Gasteiger partial charge < -0.3 is 4.74 Å². The van der Waals surface area contributed by atoms with E-state index >= 15 is 0 Å². The Labute approximate surface area is 209 Å². The minimum atomic E-state index is -0.848. The molecule has 172 valence electrons. The van der Waals surface area contributed by atoms with E-state index < -0.39 is 6.23 Å². The second kappa shape index (κ2) is 8.71. The van der Waals surface area contributed by atoms with Crippen LogP contribution in [0.1, 0.15) is 39.5 Å². The Kier molecular flexibility index (Phi) is 5.39. The van der Waals surface area contributed by atoms with Gasteiger partial charge in [-0.2, -0.15) is 5.10 Å². The third-order valence-electron chi connectivity index (χ3n) is 6.64. The van der Waals surface area contributed by atoms with Crippen molar-refractivity contribution in [3.8, 4) is 16.9 Å². The lowest BCUT2D eigenvalue weighted by molar-refractivity contribution is -0.00454. The molecule has 0 spiro atoms. The summed E-state index contributed by atoms with van der Waals surface area (Å²) < 4.78 is 6.25. The van der Waals surface area contributed by atoms with Gasteiger partial charge in [0.1, 0.15) is 5.75 Å². The summed E-state index contributed by atoms with van der Waals surface area (Å²) in [6.07, 6.45) is -0.171. The first-order valence-corrected chi connectivity index (χ1v) is 12.0. The van der Waals surface area contributed by atoms with Gasteiger partial charge in [0.15, 0.2) is 0 Å². The first-order valence-electron chi connectivity index (χ1n) is 11.7. The number of aryl methyl sites for hydroxylation is 1. The number of hydrazone groups is 1. The molecule has 2 aliphatic heterocycles. The number of halogens is 1. The molecular formula is C30H23ClN2O2. The maximum Gasteiger partial charge on any atom is 0.251 e. The molecule has 2 atom stereocenters. The second-order valence-electron chi connectivity index (χ2n) is 8.97. The number of benzene rings is 4. The van der Waals surface area contributed by atoms with E-state index in [-0.39, 0.29) is 11.8 Å². The molecule has 0 saturated heterocycles. The molecule has 4 aromatic rings. The topological polar surface area (TPSA) is 41.9 Å². The number of carbonyl (C=O) groups is 1. The van der Waals surface area contributed by atoms with Crippen molar-refractivity contribution in [2.24, 2.45) is 5.10 Å². The van der Waals surface area contributed by atoms with Crippen LogP contribution in [0.4, 0.5) is 0 Å². The third-order valence-corrected chi connectivity index (χ3v) is 6.87. The molecule has 0 fully saturated rings. The number of hydrogen-bond acceptors (Lipinski definition) is 4. The molecule has 0 aromatic heterocycles. The van der Waals surface area contributed by atoms with Gasteiger partial charge in [0.05, 0.1) is 11.8 Å². The molecule has 2 heterocycles. The van der Waals surface area contributed by atoms with E-state index in [4.69, 9.17) is 21.4 Å². The number of carbonyl (C=O) groups excluding carboxylic acids is 1. The summed E-state index contributed by atoms with van der Waals surface area (Å²) in [7, 11) is 0. The average molecular weight is 479 g/mol. The zero-order valence-corrected chi connectivity index (χ0v) is 19.9. The maximum absolute atomic E-state index is 13.7. The molecule has 6 rings (SSSR count). The summed E-state index contributed by atoms with van der Waals surface area (Å²) >= 11 is 6.32. The van der Waals surface area contributed by atoms with Gasteiger partial charge in [0.25, 0.3) is 6.23 Å². The zero-order valence-electron chi connectivity index (χ0n) is 19.2. The van der Waals surface area contributed by atoms with Crippen LogP contribution >= 0.6 is 11.6 Å². The fourth-order valence-electron chi connectivity index (χ4n) is 4.75. The minimum Gasteiger partial charge on any atom is -0.461 e. The smallest absolute Gasteiger partial charge is 0.251 e. The van der Waals surface area contributed by atoms with Crippen LogP contribution in [0.2, 0.25) is 5.02 Å². The average Bonchev–Trinajstić information content (AvgIpc) is 3.35. The SMILES string of the molecule is Cc1ccc(C2=NN3[C@@H](C(=O)c4ccc(-c5ccccc5)cc4)Oc4ccc(Cl)cc4[C@@H]3C2)cc1. The van der Waals surface area contributed by atoms with Crippen molar-refractivity contribution in [3.63, 3.8) is 0 Å². The van der Waals surface area contributed by atoms with E-state index in [2.05, 4.69) is 43.3 Å². The second-order valence-corrected chi connectivity index (χ2v) is 9.41. The van der Waals surface area contributed by atoms with E-state index in [0.29, 0.717) is 22.8 Å². The summed E-state index contributed by atoms with van der Waals surface area (Å²) in [6, 6.07) is 31.5. The lowest BCUT2D eigenvalue weighted by atomic mass is 9.95. The summed E-state index contributed by atoms with van der Waals surface area (Å²) in [5.41, 5.74) is 6.88. The van der Waals surface area contributed by atoms with Crippen molar-refractivity contribution >= 4 is 23.1 Å². The zero-order chi connectivity index (χ0) is 23.9. The Morgan fingerprint density at radius 2 is 1.57 bits per heavy atom. The molecule has 0 unspecified atom stereocenters. The molecule has 0 radical (unpaired) electrons. The standard InChI is InChI=1S/C30H23ClN2O2/c1-19-7-9-22(10-8-19)26-18-27-25-17-24(31)15-16-28(25)35-30(33(27)32-26)29(34)23-13-11-21(12-14-23)20-5-3-2-4-6-20/h2-17,27,30H,18H2,1H3/t27-,30+/m0/s1. The number of ether oxygens (including phenoxy) is 1. The van der Waals surface area contributed by atoms with Crippen molar-refractivity contribution < 1.29 is 9.53 Å². The van der Waals surface area contributed by atoms with Crippen LogP contribution < -0.4 is 4.74 Å². The van der Waals surface area contributed by atoms with Gasteiger partial charge >= 0.3 is 0 Å². The quantitative estimate of drug-likeness (QED) is 0.294. The van der Waals surface area contributed by atoms with E-state index in [1.807, 2.05) is 54.6 Å². The van der Waals surface area contributed by atoms with Crippen LogP contribution in [0, 0.1) is 6.92 Å². The molecule has 0 bridgehead atoms. The van der Waals surface area contributed by atoms with Crippen molar-refractivity contribution in [2.75, 3.05) is 0 Å². The lowest BCUT2D eigenvalue weighted by Crippen LogP contribution is -2.45. The Balaban J connectivity index is 1.36. The van der Waals surface area contributed by atoms with Crippen LogP contribution in [0.25, 0.3) is 11.1 Å². The molecule has 2 aliphatic rings. The third kappa shape index (κ3) is 4.00. The molecule has 0 amide bonds. The van der Waals surface area contributed by atoms with Crippen LogP contribution in [0.5, 0.6) is 5.75 Å². The fraction of sp³-hybridized carbons (Fsp3) is 0.133. The molecule has 5 heteroatoms. The Bertz CT molecular complexity index is 1430. The first kappa shape index (κ1) is 21.6. The fourth-order valence-corrected chi connectivity index (χ4v) is 4.93. The molecule has 0 saturated carbocycles. The van der Waals surface area contributed by atoms with Crippen molar-refractivity contribution in [1.82, 2.24) is 5.01 Å². The highest BCUT2D eigenvalue weighted by atomic mass is 35.5. The predicted molar refractivity (Wildman–Crippen MR) is 139 cm³/mol. The number of rotatable bonds is 4. The van der Waals surface area contributed by atoms with Crippen molar-refractivity contribution in [1.29, 1.82) is 0 Å². The van der Waals surface area contributed by atoms with Crippen LogP contribution in [0.3, 0.4) is 0 Å². The molecule has 4 nitrogen and oxygen atoms in total. The summed E-state index contributed by atoms with van der Waals surface area (Å²) in [5.74, 6) is 0.555. The van der Waals surface area contributed by atoms with Crippen molar-refractivity contribution in [3.05, 3.63) is 124 Å². The largest absolute Gasteiger partial charge is 0.461 e. The van der Waals surface area contributed by atoms with Gasteiger partial charge in [-0.1, -0.05) is 96.0 Å². The predicted octanol–water partition coefficient (Wildman–Crippen LogP) is 7.07. The van der Waals surface area contributed by atoms with Gasteiger partial charge in [0, 0.05) is 22.6 Å². The van der Waals surface area contributed by atoms with Gasteiger partial charge in [-0.05, 0) is 41.8 Å². The molecule has 35 heavy (non-hydrogen) atoms. The number of fused-ring (bicyclic) bond motifs is 3. The van der Waals surface area contributed by atoms with Gasteiger partial charge in [-0.3, -0.25) is 4.79 Å². The number of nitrogens with zero attached hydrogens (tertiary/aromatic N) is 2. The molecule has 4 aromatic carbocycles. The van der Waals surface area contributed by atoms with Crippen LogP contribution in [-0.2, 0) is 0 Å². The van der Waals surface area contributed by atoms with Gasteiger partial charge in [-0.25, -0.2) is 5.01 Å². The highest BCUT2D eigenvalue weighted by molar-refractivity contribution is 6.30. The van der Waals surface area contributed by atoms with Crippen molar-refractivity contribution in [2.45, 2.75) is 25.6 Å². The van der Waals surface area contributed by atoms with E-state index in [0.717, 1.165) is 28.0 Å². The van der Waals surface area contributed by atoms with E-state index in [1.54, 1.807) is 11.1 Å². The first-order chi connectivity index (χ1) is 17.1. The Morgan fingerprint density at radius 1 is 0.886 bits per heavy atom. The summed E-state index contributed by atoms with van der Waals surface area (Å²) in [4.78, 5) is 13.7. The normalized spacial score (nSPS) is 18.3. The highest BCUT2D eigenvalue weighted by Crippen LogP contribution is 2.44. The maximum atomic E-state index is 13.7. The number of hydrogen-bond donors (Lipinski definition) is 0. The van der Waals surface area contributed by atoms with E-state index in [9.17, 15) is 4.79 Å². The molecule has 0 aliphatic carbocycles. The lowest BCUT2D eigenvalue weighted by Gasteiger charge is -2.37. The summed E-state index contributed by atoms with van der Waals surface area (Å²) in [6.45, 7) is 2.06. The van der Waals surface area contributed by atoms with Crippen LogP contribution in [-0.4, -0.2) is 22.7 Å². The van der Waals surface area contributed by atoms with E-state index in [1.165, 1.54) is 5.56 Å². The monoisotopic (exact) mass is 478 g/mol. The number of Topliss-reactive ketones (excluding diaryl/α,β-unsaturated/α-hetero) is 1.